The fourth-order valence-electron chi connectivity index (χ4n) is 5.58. The highest BCUT2D eigenvalue weighted by Gasteiger charge is 2.27. The summed E-state index contributed by atoms with van der Waals surface area (Å²) in [5, 5.41) is 7.01. The largest absolute Gasteiger partial charge is 0.496 e. The van der Waals surface area contributed by atoms with Gasteiger partial charge in [-0.25, -0.2) is 0 Å². The van der Waals surface area contributed by atoms with E-state index in [0.717, 1.165) is 37.8 Å². The van der Waals surface area contributed by atoms with Crippen molar-refractivity contribution in [3.05, 3.63) is 22.7 Å². The number of benzene rings is 1. The smallest absolute Gasteiger partial charge is 0.255 e. The quantitative estimate of drug-likeness (QED) is 0.524. The van der Waals surface area contributed by atoms with Crippen LogP contribution in [0.3, 0.4) is 0 Å². The van der Waals surface area contributed by atoms with Crippen LogP contribution >= 0.6 is 11.6 Å². The Kier molecular flexibility index (Phi) is 8.74. The van der Waals surface area contributed by atoms with Crippen molar-refractivity contribution in [1.29, 1.82) is 0 Å². The number of methoxy groups -OCH3 is 1. The summed E-state index contributed by atoms with van der Waals surface area (Å²) in [7, 11) is 1.54. The monoisotopic (exact) mass is 477 g/mol. The lowest BCUT2D eigenvalue weighted by Crippen LogP contribution is -2.47. The highest BCUT2D eigenvalue weighted by atomic mass is 35.5. The van der Waals surface area contributed by atoms with Gasteiger partial charge in [-0.1, -0.05) is 11.6 Å². The number of hydrogen-bond donors (Lipinski definition) is 3. The van der Waals surface area contributed by atoms with Gasteiger partial charge < -0.3 is 30.9 Å². The maximum atomic E-state index is 12.8. The van der Waals surface area contributed by atoms with Gasteiger partial charge in [-0.3, -0.25) is 4.79 Å². The number of amides is 1. The van der Waals surface area contributed by atoms with Crippen molar-refractivity contribution in [3.8, 4) is 5.75 Å². The molecule has 184 valence electrons. The van der Waals surface area contributed by atoms with Gasteiger partial charge in [0.2, 0.25) is 0 Å². The standard InChI is InChI=1S/C25H40ClN5O2/c1-33-24-15-23(27)22(26)14-21(24)25(32)29-20-6-12-31(13-7-20)17-19-4-10-30(11-5-19)16-18-2-8-28-9-3-18/h14-15,18-20,28H,2-13,16-17,27H2,1H3,(H,29,32). The van der Waals surface area contributed by atoms with Crippen molar-refractivity contribution < 1.29 is 9.53 Å². The molecule has 0 bridgehead atoms. The third-order valence-electron chi connectivity index (χ3n) is 7.68. The molecule has 0 aromatic heterocycles. The van der Waals surface area contributed by atoms with Crippen LogP contribution in [-0.4, -0.2) is 81.2 Å². The maximum Gasteiger partial charge on any atom is 0.255 e. The van der Waals surface area contributed by atoms with Gasteiger partial charge in [0, 0.05) is 38.3 Å². The van der Waals surface area contributed by atoms with E-state index in [-0.39, 0.29) is 11.9 Å². The molecule has 1 aromatic rings. The molecular weight excluding hydrogens is 438 g/mol. The number of carbonyl (C=O) groups is 1. The van der Waals surface area contributed by atoms with Crippen LogP contribution in [0.25, 0.3) is 0 Å². The Bertz CT molecular complexity index is 785. The molecule has 1 aromatic carbocycles. The topological polar surface area (TPSA) is 82.9 Å². The summed E-state index contributed by atoms with van der Waals surface area (Å²) in [6.45, 7) is 9.48. The van der Waals surface area contributed by atoms with Crippen LogP contribution in [0.4, 0.5) is 5.69 Å². The zero-order chi connectivity index (χ0) is 23.2. The first kappa shape index (κ1) is 24.6. The van der Waals surface area contributed by atoms with Crippen LogP contribution in [0.15, 0.2) is 12.1 Å². The molecule has 0 spiro atoms. The second-order valence-corrected chi connectivity index (χ2v) is 10.5. The van der Waals surface area contributed by atoms with Crippen LogP contribution in [0.1, 0.15) is 48.9 Å². The van der Waals surface area contributed by atoms with Crippen molar-refractivity contribution in [1.82, 2.24) is 20.4 Å². The van der Waals surface area contributed by atoms with E-state index in [2.05, 4.69) is 20.4 Å². The lowest BCUT2D eigenvalue weighted by atomic mass is 9.92. The van der Waals surface area contributed by atoms with Crippen molar-refractivity contribution in [3.63, 3.8) is 0 Å². The summed E-state index contributed by atoms with van der Waals surface area (Å²) in [4.78, 5) is 18.1. The minimum atomic E-state index is -0.145. The Morgan fingerprint density at radius 2 is 1.61 bits per heavy atom. The number of piperidine rings is 3. The molecule has 3 aliphatic rings. The number of nitrogen functional groups attached to an aromatic ring is 1. The number of rotatable bonds is 7. The number of carbonyl (C=O) groups excluding carboxylic acids is 1. The molecule has 0 saturated carbocycles. The van der Waals surface area contributed by atoms with E-state index in [0.29, 0.717) is 22.0 Å². The molecule has 1 amide bonds. The number of hydrogen-bond acceptors (Lipinski definition) is 6. The van der Waals surface area contributed by atoms with Crippen molar-refractivity contribution >= 4 is 23.2 Å². The molecule has 0 aliphatic carbocycles. The average molecular weight is 478 g/mol. The van der Waals surface area contributed by atoms with E-state index in [9.17, 15) is 4.79 Å². The number of halogens is 1. The number of nitrogens with zero attached hydrogens (tertiary/aromatic N) is 2. The predicted octanol–water partition coefficient (Wildman–Crippen LogP) is 2.84. The zero-order valence-electron chi connectivity index (χ0n) is 20.0. The average Bonchev–Trinajstić information content (AvgIpc) is 2.83. The predicted molar refractivity (Wildman–Crippen MR) is 134 cm³/mol. The van der Waals surface area contributed by atoms with Crippen molar-refractivity contribution in [2.24, 2.45) is 11.8 Å². The van der Waals surface area contributed by atoms with Crippen LogP contribution in [-0.2, 0) is 0 Å². The highest BCUT2D eigenvalue weighted by molar-refractivity contribution is 6.33. The molecule has 3 saturated heterocycles. The SMILES string of the molecule is COc1cc(N)c(Cl)cc1C(=O)NC1CCN(CC2CCN(CC3CCNCC3)CC2)CC1. The number of likely N-dealkylation sites (tertiary alicyclic amines) is 2. The molecule has 33 heavy (non-hydrogen) atoms. The highest BCUT2D eigenvalue weighted by Crippen LogP contribution is 2.29. The van der Waals surface area contributed by atoms with Gasteiger partial charge in [0.15, 0.2) is 0 Å². The first-order chi connectivity index (χ1) is 16.0. The van der Waals surface area contributed by atoms with Gasteiger partial charge in [-0.15, -0.1) is 0 Å². The first-order valence-corrected chi connectivity index (χ1v) is 13.0. The molecule has 0 unspecified atom stereocenters. The molecule has 4 rings (SSSR count). The van der Waals surface area contributed by atoms with Gasteiger partial charge in [0.1, 0.15) is 5.75 Å². The van der Waals surface area contributed by atoms with E-state index in [1.54, 1.807) is 12.1 Å². The minimum absolute atomic E-state index is 0.145. The summed E-state index contributed by atoms with van der Waals surface area (Å²) in [5.41, 5.74) is 6.69. The molecular formula is C25H40ClN5O2. The normalized spacial score (nSPS) is 22.4. The van der Waals surface area contributed by atoms with Crippen molar-refractivity contribution in [2.45, 2.75) is 44.6 Å². The van der Waals surface area contributed by atoms with Crippen LogP contribution in [0.5, 0.6) is 5.75 Å². The van der Waals surface area contributed by atoms with E-state index >= 15 is 0 Å². The second kappa shape index (κ2) is 11.7. The number of ether oxygens (including phenoxy) is 1. The molecule has 3 heterocycles. The fourth-order valence-corrected chi connectivity index (χ4v) is 5.75. The van der Waals surface area contributed by atoms with Crippen molar-refractivity contribution in [2.75, 3.05) is 65.2 Å². The summed E-state index contributed by atoms with van der Waals surface area (Å²) < 4.78 is 5.33. The lowest BCUT2D eigenvalue weighted by Gasteiger charge is -2.39. The Morgan fingerprint density at radius 1 is 1.03 bits per heavy atom. The van der Waals surface area contributed by atoms with Gasteiger partial charge in [-0.05, 0) is 82.6 Å². The van der Waals surface area contributed by atoms with Gasteiger partial charge in [0.25, 0.3) is 5.91 Å². The third-order valence-corrected chi connectivity index (χ3v) is 8.01. The second-order valence-electron chi connectivity index (χ2n) is 10.1. The first-order valence-electron chi connectivity index (χ1n) is 12.6. The summed E-state index contributed by atoms with van der Waals surface area (Å²) in [6.07, 6.45) is 7.27. The summed E-state index contributed by atoms with van der Waals surface area (Å²) in [6, 6.07) is 3.39. The number of nitrogens with two attached hydrogens (primary N) is 1. The Balaban J connectivity index is 1.17. The summed E-state index contributed by atoms with van der Waals surface area (Å²) in [5.74, 6) is 2.01. The van der Waals surface area contributed by atoms with E-state index in [1.807, 2.05) is 0 Å². The Labute approximate surface area is 203 Å². The van der Waals surface area contributed by atoms with Gasteiger partial charge in [-0.2, -0.15) is 0 Å². The molecule has 3 aliphatic heterocycles. The minimum Gasteiger partial charge on any atom is -0.496 e. The molecule has 3 fully saturated rings. The Morgan fingerprint density at radius 3 is 2.21 bits per heavy atom. The van der Waals surface area contributed by atoms with E-state index < -0.39 is 0 Å². The lowest BCUT2D eigenvalue weighted by molar-refractivity contribution is 0.0880. The third kappa shape index (κ3) is 6.75. The summed E-state index contributed by atoms with van der Waals surface area (Å²) >= 11 is 6.13. The van der Waals surface area contributed by atoms with Crippen LogP contribution in [0.2, 0.25) is 5.02 Å². The number of anilines is 1. The zero-order valence-corrected chi connectivity index (χ0v) is 20.7. The fraction of sp³-hybridized carbons (Fsp3) is 0.720. The molecule has 8 heteroatoms. The molecule has 0 radical (unpaired) electrons. The molecule has 0 atom stereocenters. The van der Waals surface area contributed by atoms with E-state index in [1.165, 1.54) is 72.1 Å². The van der Waals surface area contributed by atoms with Gasteiger partial charge >= 0.3 is 0 Å². The Hall–Kier alpha value is -1.54. The molecule has 7 nitrogen and oxygen atoms in total. The molecule has 4 N–H and O–H groups in total. The van der Waals surface area contributed by atoms with Crippen LogP contribution < -0.4 is 21.1 Å². The maximum absolute atomic E-state index is 12.8. The van der Waals surface area contributed by atoms with E-state index in [4.69, 9.17) is 22.1 Å². The van der Waals surface area contributed by atoms with Gasteiger partial charge in [0.05, 0.1) is 23.4 Å². The number of nitrogens with one attached hydrogen (secondary N) is 2. The van der Waals surface area contributed by atoms with Crippen LogP contribution in [0, 0.1) is 11.8 Å².